The summed E-state index contributed by atoms with van der Waals surface area (Å²) in [5.74, 6) is 0.986. The molecule has 2 aromatic rings. The van der Waals surface area contributed by atoms with Gasteiger partial charge in [0, 0.05) is 30.7 Å². The van der Waals surface area contributed by atoms with Gasteiger partial charge >= 0.3 is 6.18 Å². The van der Waals surface area contributed by atoms with Crippen LogP contribution >= 0.6 is 11.3 Å². The summed E-state index contributed by atoms with van der Waals surface area (Å²) >= 11 is 1.05. The molecule has 0 spiro atoms. The van der Waals surface area contributed by atoms with Crippen molar-refractivity contribution in [2.45, 2.75) is 19.0 Å². The lowest BCUT2D eigenvalue weighted by Crippen LogP contribution is -2.35. The summed E-state index contributed by atoms with van der Waals surface area (Å²) < 4.78 is 43.4. The minimum Gasteiger partial charge on any atom is -0.477 e. The molecule has 0 bridgehead atoms. The molecule has 0 unspecified atom stereocenters. The van der Waals surface area contributed by atoms with E-state index in [9.17, 15) is 13.2 Å². The van der Waals surface area contributed by atoms with Crippen LogP contribution in [-0.2, 0) is 6.18 Å². The SMILES string of the molecule is FC(F)(F)c1csc(N2CCC(COc3ccccn3)CC2)n1. The standard InChI is InChI=1S/C15H16F3N3OS/c16-15(17,18)12-10-23-14(20-12)21-7-4-11(5-8-21)9-22-13-3-1-2-6-19-13/h1-3,6,10-11H,4-5,7-9H2. The Kier molecular flexibility index (Phi) is 4.70. The van der Waals surface area contributed by atoms with Crippen LogP contribution in [0.4, 0.5) is 18.3 Å². The van der Waals surface area contributed by atoms with Crippen LogP contribution in [0.5, 0.6) is 5.88 Å². The molecule has 0 atom stereocenters. The number of hydrogen-bond acceptors (Lipinski definition) is 5. The molecule has 8 heteroatoms. The molecule has 1 fully saturated rings. The van der Waals surface area contributed by atoms with Gasteiger partial charge in [0.1, 0.15) is 0 Å². The van der Waals surface area contributed by atoms with Gasteiger partial charge in [-0.2, -0.15) is 13.2 Å². The number of thiazole rings is 1. The van der Waals surface area contributed by atoms with Crippen molar-refractivity contribution < 1.29 is 17.9 Å². The molecule has 1 saturated heterocycles. The van der Waals surface area contributed by atoms with Crippen molar-refractivity contribution in [1.29, 1.82) is 0 Å². The second-order valence-electron chi connectivity index (χ2n) is 5.42. The van der Waals surface area contributed by atoms with E-state index >= 15 is 0 Å². The first-order chi connectivity index (χ1) is 11.0. The fourth-order valence-corrected chi connectivity index (χ4v) is 3.35. The number of hydrogen-bond donors (Lipinski definition) is 0. The van der Waals surface area contributed by atoms with Gasteiger partial charge in [-0.3, -0.25) is 0 Å². The van der Waals surface area contributed by atoms with Crippen molar-refractivity contribution >= 4 is 16.5 Å². The van der Waals surface area contributed by atoms with Gasteiger partial charge < -0.3 is 9.64 Å². The topological polar surface area (TPSA) is 38.2 Å². The predicted molar refractivity (Wildman–Crippen MR) is 81.8 cm³/mol. The first kappa shape index (κ1) is 16.0. The van der Waals surface area contributed by atoms with Gasteiger partial charge in [0.15, 0.2) is 10.8 Å². The van der Waals surface area contributed by atoms with Gasteiger partial charge in [0.25, 0.3) is 0 Å². The first-order valence-corrected chi connectivity index (χ1v) is 8.22. The Morgan fingerprint density at radius 1 is 1.26 bits per heavy atom. The van der Waals surface area contributed by atoms with Crippen LogP contribution in [0.15, 0.2) is 29.8 Å². The van der Waals surface area contributed by atoms with E-state index < -0.39 is 11.9 Å². The number of halogens is 3. The summed E-state index contributed by atoms with van der Waals surface area (Å²) in [4.78, 5) is 9.72. The van der Waals surface area contributed by atoms with Gasteiger partial charge in [0.05, 0.1) is 6.61 Å². The number of alkyl halides is 3. The van der Waals surface area contributed by atoms with Crippen molar-refractivity contribution in [3.63, 3.8) is 0 Å². The van der Waals surface area contributed by atoms with E-state index in [1.54, 1.807) is 6.20 Å². The number of nitrogens with zero attached hydrogens (tertiary/aromatic N) is 3. The monoisotopic (exact) mass is 343 g/mol. The Morgan fingerprint density at radius 3 is 2.65 bits per heavy atom. The molecular weight excluding hydrogens is 327 g/mol. The molecule has 0 N–H and O–H groups in total. The minimum atomic E-state index is -4.37. The van der Waals surface area contributed by atoms with E-state index in [1.165, 1.54) is 0 Å². The van der Waals surface area contributed by atoms with Crippen molar-refractivity contribution in [1.82, 2.24) is 9.97 Å². The molecule has 3 heterocycles. The number of ether oxygens (including phenoxy) is 1. The quantitative estimate of drug-likeness (QED) is 0.845. The highest BCUT2D eigenvalue weighted by atomic mass is 32.1. The molecule has 1 aliphatic rings. The zero-order valence-corrected chi connectivity index (χ0v) is 13.1. The molecule has 124 valence electrons. The largest absolute Gasteiger partial charge is 0.477 e. The van der Waals surface area contributed by atoms with E-state index in [4.69, 9.17) is 4.74 Å². The molecule has 2 aromatic heterocycles. The summed E-state index contributed by atoms with van der Waals surface area (Å²) in [6.07, 6.45) is -0.955. The van der Waals surface area contributed by atoms with Gasteiger partial charge in [0.2, 0.25) is 5.88 Å². The maximum atomic E-state index is 12.6. The third-order valence-electron chi connectivity index (χ3n) is 3.77. The lowest BCUT2D eigenvalue weighted by atomic mass is 9.98. The molecule has 3 rings (SSSR count). The maximum absolute atomic E-state index is 12.6. The Labute approximate surface area is 135 Å². The molecule has 0 radical (unpaired) electrons. The zero-order valence-electron chi connectivity index (χ0n) is 12.3. The van der Waals surface area contributed by atoms with E-state index in [1.807, 2.05) is 23.1 Å². The summed E-state index contributed by atoms with van der Waals surface area (Å²) in [5.41, 5.74) is -0.807. The average molecular weight is 343 g/mol. The fraction of sp³-hybridized carbons (Fsp3) is 0.467. The van der Waals surface area contributed by atoms with Crippen LogP contribution < -0.4 is 9.64 Å². The van der Waals surface area contributed by atoms with Gasteiger partial charge in [-0.15, -0.1) is 11.3 Å². The number of aromatic nitrogens is 2. The van der Waals surface area contributed by atoms with Gasteiger partial charge in [-0.25, -0.2) is 9.97 Å². The predicted octanol–water partition coefficient (Wildman–Crippen LogP) is 3.85. The minimum absolute atomic E-state index is 0.385. The molecule has 0 aliphatic carbocycles. The van der Waals surface area contributed by atoms with Crippen molar-refractivity contribution in [2.75, 3.05) is 24.6 Å². The highest BCUT2D eigenvalue weighted by Gasteiger charge is 2.34. The molecule has 0 saturated carbocycles. The third kappa shape index (κ3) is 4.13. The Bertz CT molecular complexity index is 624. The summed E-state index contributed by atoms with van der Waals surface area (Å²) in [6.45, 7) is 1.97. The molecule has 1 aliphatic heterocycles. The van der Waals surface area contributed by atoms with E-state index in [2.05, 4.69) is 9.97 Å². The normalized spacial score (nSPS) is 16.6. The lowest BCUT2D eigenvalue weighted by molar-refractivity contribution is -0.140. The van der Waals surface area contributed by atoms with Crippen LogP contribution in [0.25, 0.3) is 0 Å². The van der Waals surface area contributed by atoms with Crippen LogP contribution in [-0.4, -0.2) is 29.7 Å². The molecule has 0 amide bonds. The first-order valence-electron chi connectivity index (χ1n) is 7.34. The van der Waals surface area contributed by atoms with Crippen LogP contribution in [0.3, 0.4) is 0 Å². The number of anilines is 1. The Morgan fingerprint density at radius 2 is 2.04 bits per heavy atom. The highest BCUT2D eigenvalue weighted by Crippen LogP contribution is 2.34. The molecular formula is C15H16F3N3OS. The molecule has 4 nitrogen and oxygen atoms in total. The zero-order chi connectivity index (χ0) is 16.3. The van der Waals surface area contributed by atoms with Gasteiger partial charge in [-0.1, -0.05) is 6.07 Å². The van der Waals surface area contributed by atoms with Crippen LogP contribution in [0.1, 0.15) is 18.5 Å². The summed E-state index contributed by atoms with van der Waals surface area (Å²) in [7, 11) is 0. The van der Waals surface area contributed by atoms with Crippen molar-refractivity contribution in [2.24, 2.45) is 5.92 Å². The number of pyridine rings is 1. The Balaban J connectivity index is 1.49. The maximum Gasteiger partial charge on any atom is 0.434 e. The summed E-state index contributed by atoms with van der Waals surface area (Å²) in [6, 6.07) is 5.50. The number of piperidine rings is 1. The molecule has 23 heavy (non-hydrogen) atoms. The fourth-order valence-electron chi connectivity index (χ4n) is 2.47. The smallest absolute Gasteiger partial charge is 0.434 e. The number of rotatable bonds is 4. The highest BCUT2D eigenvalue weighted by molar-refractivity contribution is 7.13. The van der Waals surface area contributed by atoms with E-state index in [0.29, 0.717) is 36.6 Å². The Hall–Kier alpha value is -1.83. The second-order valence-corrected chi connectivity index (χ2v) is 6.26. The van der Waals surface area contributed by atoms with E-state index in [0.717, 1.165) is 29.6 Å². The van der Waals surface area contributed by atoms with Gasteiger partial charge in [-0.05, 0) is 24.8 Å². The van der Waals surface area contributed by atoms with Crippen molar-refractivity contribution in [3.8, 4) is 5.88 Å². The van der Waals surface area contributed by atoms with Crippen molar-refractivity contribution in [3.05, 3.63) is 35.5 Å². The van der Waals surface area contributed by atoms with Crippen LogP contribution in [0.2, 0.25) is 0 Å². The average Bonchev–Trinajstić information content (AvgIpc) is 3.05. The molecule has 0 aromatic carbocycles. The van der Waals surface area contributed by atoms with Crippen LogP contribution in [0, 0.1) is 5.92 Å². The third-order valence-corrected chi connectivity index (χ3v) is 4.67. The lowest BCUT2D eigenvalue weighted by Gasteiger charge is -2.31. The summed E-state index contributed by atoms with van der Waals surface area (Å²) in [5, 5.41) is 1.52. The van der Waals surface area contributed by atoms with E-state index in [-0.39, 0.29) is 0 Å². The second kappa shape index (κ2) is 6.74.